The highest BCUT2D eigenvalue weighted by Gasteiger charge is 2.19. The summed E-state index contributed by atoms with van der Waals surface area (Å²) in [5.41, 5.74) is 1.45. The molecule has 1 aliphatic rings. The maximum Gasteiger partial charge on any atom is 0.290 e. The zero-order chi connectivity index (χ0) is 19.3. The lowest BCUT2D eigenvalue weighted by Gasteiger charge is -2.25. The largest absolute Gasteiger partial charge is 0.496 e. The van der Waals surface area contributed by atoms with Crippen LogP contribution in [0, 0.1) is 0 Å². The van der Waals surface area contributed by atoms with Crippen molar-refractivity contribution in [2.75, 3.05) is 38.3 Å². The van der Waals surface area contributed by atoms with Crippen LogP contribution in [-0.2, 0) is 11.3 Å². The van der Waals surface area contributed by atoms with Crippen molar-refractivity contribution in [3.63, 3.8) is 0 Å². The van der Waals surface area contributed by atoms with Crippen molar-refractivity contribution < 1.29 is 23.3 Å². The molecule has 0 atom stereocenters. The van der Waals surface area contributed by atoms with Crippen LogP contribution in [0.2, 0.25) is 0 Å². The Morgan fingerprint density at radius 1 is 1.18 bits per heavy atom. The summed E-state index contributed by atoms with van der Waals surface area (Å²) in [4.78, 5) is 14.3. The van der Waals surface area contributed by atoms with E-state index < -0.39 is 0 Å². The molecule has 1 aliphatic heterocycles. The van der Waals surface area contributed by atoms with E-state index in [0.717, 1.165) is 18.7 Å². The van der Waals surface area contributed by atoms with Gasteiger partial charge in [0.15, 0.2) is 11.6 Å². The Hall–Kier alpha value is -3.33. The lowest BCUT2D eigenvalue weighted by Crippen LogP contribution is -2.36. The van der Waals surface area contributed by atoms with E-state index in [1.54, 1.807) is 19.2 Å². The van der Waals surface area contributed by atoms with Gasteiger partial charge >= 0.3 is 0 Å². The topological polar surface area (TPSA) is 103 Å². The first kappa shape index (κ1) is 18.1. The number of methoxy groups -OCH3 is 1. The number of nitrogens with zero attached hydrogens (tertiary/aromatic N) is 3. The standard InChI is InChI=1S/C19H20N4O5/c1-25-16-5-3-2-4-14(16)15-10-13(27-21-15)12-20-19(24)17-11-18(22-28-17)23-6-8-26-9-7-23/h2-5,10-11H,6-9,12H2,1H3,(H,20,24). The molecule has 9 heteroatoms. The second-order valence-corrected chi connectivity index (χ2v) is 6.21. The molecule has 0 spiro atoms. The quantitative estimate of drug-likeness (QED) is 0.689. The summed E-state index contributed by atoms with van der Waals surface area (Å²) in [6.45, 7) is 2.88. The fraction of sp³-hybridized carbons (Fsp3) is 0.316. The average molecular weight is 384 g/mol. The van der Waals surface area contributed by atoms with Gasteiger partial charge in [0.25, 0.3) is 5.91 Å². The molecule has 1 fully saturated rings. The summed E-state index contributed by atoms with van der Waals surface area (Å²) in [6.07, 6.45) is 0. The highest BCUT2D eigenvalue weighted by molar-refractivity contribution is 5.92. The summed E-state index contributed by atoms with van der Waals surface area (Å²) in [6, 6.07) is 10.9. The maximum atomic E-state index is 12.3. The molecule has 1 N–H and O–H groups in total. The van der Waals surface area contributed by atoms with Crippen LogP contribution in [0.25, 0.3) is 11.3 Å². The van der Waals surface area contributed by atoms with Crippen molar-refractivity contribution in [2.24, 2.45) is 0 Å². The van der Waals surface area contributed by atoms with Crippen LogP contribution < -0.4 is 15.0 Å². The highest BCUT2D eigenvalue weighted by atomic mass is 16.5. The number of rotatable bonds is 6. The van der Waals surface area contributed by atoms with Crippen LogP contribution in [0.15, 0.2) is 45.4 Å². The number of carbonyl (C=O) groups is 1. The average Bonchev–Trinajstić information content (AvgIpc) is 3.43. The normalized spacial score (nSPS) is 14.1. The SMILES string of the molecule is COc1ccccc1-c1cc(CNC(=O)c2cc(N3CCOCC3)no2)on1. The summed E-state index contributed by atoms with van der Waals surface area (Å²) in [5.74, 6) is 1.62. The molecule has 28 heavy (non-hydrogen) atoms. The summed E-state index contributed by atoms with van der Waals surface area (Å²) in [5, 5.41) is 10.8. The number of ether oxygens (including phenoxy) is 2. The summed E-state index contributed by atoms with van der Waals surface area (Å²) >= 11 is 0. The minimum atomic E-state index is -0.373. The number of morpholine rings is 1. The van der Waals surface area contributed by atoms with E-state index in [4.69, 9.17) is 18.5 Å². The maximum absolute atomic E-state index is 12.3. The first-order valence-electron chi connectivity index (χ1n) is 8.91. The van der Waals surface area contributed by atoms with Crippen LogP contribution in [0.1, 0.15) is 16.3 Å². The molecule has 4 rings (SSSR count). The van der Waals surface area contributed by atoms with Crippen molar-refractivity contribution in [2.45, 2.75) is 6.54 Å². The van der Waals surface area contributed by atoms with Crippen molar-refractivity contribution in [3.05, 3.63) is 47.9 Å². The van der Waals surface area contributed by atoms with Crippen LogP contribution in [-0.4, -0.2) is 49.6 Å². The Morgan fingerprint density at radius 2 is 2.00 bits per heavy atom. The van der Waals surface area contributed by atoms with E-state index >= 15 is 0 Å². The molecule has 0 unspecified atom stereocenters. The molecule has 0 saturated carbocycles. The van der Waals surface area contributed by atoms with E-state index in [-0.39, 0.29) is 18.2 Å². The third kappa shape index (κ3) is 3.84. The molecule has 3 heterocycles. The molecule has 1 saturated heterocycles. The van der Waals surface area contributed by atoms with Gasteiger partial charge in [-0.15, -0.1) is 0 Å². The number of anilines is 1. The van der Waals surface area contributed by atoms with Gasteiger partial charge < -0.3 is 28.7 Å². The van der Waals surface area contributed by atoms with Gasteiger partial charge in [-0.25, -0.2) is 0 Å². The monoisotopic (exact) mass is 384 g/mol. The second-order valence-electron chi connectivity index (χ2n) is 6.21. The minimum absolute atomic E-state index is 0.144. The molecule has 146 valence electrons. The lowest BCUT2D eigenvalue weighted by atomic mass is 10.1. The Kier molecular flexibility index (Phi) is 5.24. The third-order valence-electron chi connectivity index (χ3n) is 4.42. The molecular formula is C19H20N4O5. The Labute approximate surface area is 161 Å². The third-order valence-corrected chi connectivity index (χ3v) is 4.42. The van der Waals surface area contributed by atoms with Gasteiger partial charge in [0.2, 0.25) is 5.76 Å². The van der Waals surface area contributed by atoms with E-state index in [2.05, 4.69) is 15.6 Å². The second kappa shape index (κ2) is 8.13. The molecule has 1 amide bonds. The number of aromatic nitrogens is 2. The van der Waals surface area contributed by atoms with E-state index in [1.807, 2.05) is 29.2 Å². The van der Waals surface area contributed by atoms with E-state index in [1.165, 1.54) is 0 Å². The predicted molar refractivity (Wildman–Crippen MR) is 99.2 cm³/mol. The molecule has 1 aromatic carbocycles. The predicted octanol–water partition coefficient (Wildman–Crippen LogP) is 2.10. The highest BCUT2D eigenvalue weighted by Crippen LogP contribution is 2.29. The fourth-order valence-electron chi connectivity index (χ4n) is 2.95. The first-order chi connectivity index (χ1) is 13.7. The minimum Gasteiger partial charge on any atom is -0.496 e. The number of hydrogen-bond donors (Lipinski definition) is 1. The van der Waals surface area contributed by atoms with E-state index in [0.29, 0.717) is 36.2 Å². The van der Waals surface area contributed by atoms with Crippen molar-refractivity contribution in [1.29, 1.82) is 0 Å². The molecule has 3 aromatic rings. The van der Waals surface area contributed by atoms with Gasteiger partial charge in [0, 0.05) is 30.8 Å². The van der Waals surface area contributed by atoms with Gasteiger partial charge in [-0.1, -0.05) is 22.4 Å². The Bertz CT molecular complexity index is 945. The molecule has 0 bridgehead atoms. The van der Waals surface area contributed by atoms with Crippen LogP contribution in [0.3, 0.4) is 0 Å². The zero-order valence-electron chi connectivity index (χ0n) is 15.4. The van der Waals surface area contributed by atoms with E-state index in [9.17, 15) is 4.79 Å². The summed E-state index contributed by atoms with van der Waals surface area (Å²) in [7, 11) is 1.60. The van der Waals surface area contributed by atoms with Crippen LogP contribution >= 0.6 is 0 Å². The number of amides is 1. The molecule has 2 aromatic heterocycles. The number of benzene rings is 1. The van der Waals surface area contributed by atoms with Gasteiger partial charge in [-0.3, -0.25) is 4.79 Å². The smallest absolute Gasteiger partial charge is 0.290 e. The number of para-hydroxylation sites is 1. The zero-order valence-corrected chi connectivity index (χ0v) is 15.4. The van der Waals surface area contributed by atoms with Gasteiger partial charge in [-0.2, -0.15) is 0 Å². The summed E-state index contributed by atoms with van der Waals surface area (Å²) < 4.78 is 21.1. The van der Waals surface area contributed by atoms with Gasteiger partial charge in [0.1, 0.15) is 11.4 Å². The fourth-order valence-corrected chi connectivity index (χ4v) is 2.95. The molecular weight excluding hydrogens is 364 g/mol. The van der Waals surface area contributed by atoms with Crippen LogP contribution in [0.4, 0.5) is 5.82 Å². The molecule has 0 radical (unpaired) electrons. The van der Waals surface area contributed by atoms with Crippen molar-refractivity contribution in [1.82, 2.24) is 15.6 Å². The first-order valence-corrected chi connectivity index (χ1v) is 8.91. The van der Waals surface area contributed by atoms with Crippen molar-refractivity contribution in [3.8, 4) is 17.0 Å². The number of nitrogens with one attached hydrogen (secondary N) is 1. The van der Waals surface area contributed by atoms with Gasteiger partial charge in [0.05, 0.1) is 26.9 Å². The van der Waals surface area contributed by atoms with Crippen LogP contribution in [0.5, 0.6) is 5.75 Å². The molecule has 0 aliphatic carbocycles. The lowest BCUT2D eigenvalue weighted by molar-refractivity contribution is 0.0910. The Balaban J connectivity index is 1.38. The number of carbonyl (C=O) groups excluding carboxylic acids is 1. The molecule has 9 nitrogen and oxygen atoms in total. The van der Waals surface area contributed by atoms with Crippen molar-refractivity contribution >= 4 is 11.7 Å². The van der Waals surface area contributed by atoms with Gasteiger partial charge in [-0.05, 0) is 12.1 Å². The number of hydrogen-bond acceptors (Lipinski definition) is 8. The Morgan fingerprint density at radius 3 is 2.82 bits per heavy atom.